The van der Waals surface area contributed by atoms with E-state index in [0.29, 0.717) is 12.3 Å². The van der Waals surface area contributed by atoms with Crippen LogP contribution in [0.15, 0.2) is 77.8 Å². The van der Waals surface area contributed by atoms with Crippen molar-refractivity contribution in [3.05, 3.63) is 88.9 Å². The van der Waals surface area contributed by atoms with E-state index in [4.69, 9.17) is 0 Å². The molecule has 6 heteroatoms. The van der Waals surface area contributed by atoms with E-state index in [9.17, 15) is 4.39 Å². The maximum Gasteiger partial charge on any atom is 0.192 e. The molecule has 2 aromatic heterocycles. The number of aryl methyl sites for hydroxylation is 1. The van der Waals surface area contributed by atoms with E-state index < -0.39 is 0 Å². The maximum absolute atomic E-state index is 13.5. The summed E-state index contributed by atoms with van der Waals surface area (Å²) in [7, 11) is 0. The monoisotopic (exact) mass is 421 g/mol. The van der Waals surface area contributed by atoms with Crippen molar-refractivity contribution in [2.75, 3.05) is 0 Å². The molecule has 0 atom stereocenters. The highest BCUT2D eigenvalue weighted by Crippen LogP contribution is 2.39. The summed E-state index contributed by atoms with van der Waals surface area (Å²) < 4.78 is 15.5. The van der Waals surface area contributed by atoms with Gasteiger partial charge in [0.05, 0.1) is 0 Å². The first-order chi connectivity index (χ1) is 14.2. The van der Waals surface area contributed by atoms with E-state index in [1.54, 1.807) is 35.2 Å². The Morgan fingerprint density at radius 3 is 2.72 bits per heavy atom. The molecule has 0 radical (unpaired) electrons. The minimum absolute atomic E-state index is 0.224. The molecule has 4 aromatic rings. The second-order valence-electron chi connectivity index (χ2n) is 6.57. The topological polar surface area (TPSA) is 30.7 Å². The maximum atomic E-state index is 13.5. The lowest BCUT2D eigenvalue weighted by atomic mass is 10.0. The highest BCUT2D eigenvalue weighted by atomic mass is 32.2. The summed E-state index contributed by atoms with van der Waals surface area (Å²) in [4.78, 5) is 1.24. The van der Waals surface area contributed by atoms with Crippen LogP contribution >= 0.6 is 23.1 Å². The van der Waals surface area contributed by atoms with Gasteiger partial charge in [-0.2, -0.15) is 0 Å². The molecule has 2 aromatic carbocycles. The van der Waals surface area contributed by atoms with Crippen LogP contribution in [0.3, 0.4) is 0 Å². The normalized spacial score (nSPS) is 11.0. The Hall–Kier alpha value is -2.70. The number of hydrogen-bond acceptors (Lipinski definition) is 4. The quantitative estimate of drug-likeness (QED) is 0.249. The number of nitrogens with zero attached hydrogens (tertiary/aromatic N) is 3. The van der Waals surface area contributed by atoms with Crippen molar-refractivity contribution in [2.24, 2.45) is 0 Å². The lowest BCUT2D eigenvalue weighted by Gasteiger charge is -2.10. The van der Waals surface area contributed by atoms with Crippen LogP contribution in [-0.2, 0) is 12.3 Å². The fraction of sp³-hybridized carbons (Fsp3) is 0.130. The van der Waals surface area contributed by atoms with Gasteiger partial charge in [-0.05, 0) is 30.2 Å². The smallest absolute Gasteiger partial charge is 0.192 e. The zero-order valence-electron chi connectivity index (χ0n) is 16.0. The molecule has 0 unspecified atom stereocenters. The molecular formula is C23H20FN3S2. The van der Waals surface area contributed by atoms with Gasteiger partial charge in [-0.15, -0.1) is 28.1 Å². The third kappa shape index (κ3) is 4.18. The summed E-state index contributed by atoms with van der Waals surface area (Å²) in [5, 5.41) is 11.9. The van der Waals surface area contributed by atoms with Gasteiger partial charge < -0.3 is 0 Å². The Morgan fingerprint density at radius 1 is 1.14 bits per heavy atom. The van der Waals surface area contributed by atoms with E-state index in [2.05, 4.69) is 45.8 Å². The summed E-state index contributed by atoms with van der Waals surface area (Å²) in [5.41, 5.74) is 4.35. The molecule has 0 spiro atoms. The van der Waals surface area contributed by atoms with E-state index in [-0.39, 0.29) is 5.82 Å². The number of benzene rings is 2. The van der Waals surface area contributed by atoms with Gasteiger partial charge in [-0.3, -0.25) is 4.57 Å². The van der Waals surface area contributed by atoms with Crippen LogP contribution in [0.1, 0.15) is 10.4 Å². The molecule has 0 aliphatic rings. The summed E-state index contributed by atoms with van der Waals surface area (Å²) >= 11 is 3.26. The predicted octanol–water partition coefficient (Wildman–Crippen LogP) is 6.60. The minimum Gasteiger partial charge on any atom is -0.298 e. The lowest BCUT2D eigenvalue weighted by Crippen LogP contribution is -2.01. The lowest BCUT2D eigenvalue weighted by molar-refractivity contribution is 0.626. The van der Waals surface area contributed by atoms with Gasteiger partial charge in [0.25, 0.3) is 0 Å². The van der Waals surface area contributed by atoms with Gasteiger partial charge in [-0.25, -0.2) is 4.39 Å². The van der Waals surface area contributed by atoms with E-state index in [1.165, 1.54) is 22.1 Å². The molecule has 0 saturated carbocycles. The summed E-state index contributed by atoms with van der Waals surface area (Å²) in [6, 6.07) is 17.0. The first-order valence-electron chi connectivity index (χ1n) is 9.22. The average Bonchev–Trinajstić information content (AvgIpc) is 3.30. The Bertz CT molecular complexity index is 1130. The molecule has 0 aliphatic heterocycles. The number of thiophene rings is 1. The molecule has 0 N–H and O–H groups in total. The van der Waals surface area contributed by atoms with Crippen LogP contribution in [0.4, 0.5) is 4.39 Å². The van der Waals surface area contributed by atoms with Crippen molar-refractivity contribution in [1.82, 2.24) is 14.8 Å². The van der Waals surface area contributed by atoms with Gasteiger partial charge in [0, 0.05) is 33.7 Å². The number of rotatable bonds is 7. The van der Waals surface area contributed by atoms with Crippen LogP contribution in [0.2, 0.25) is 0 Å². The van der Waals surface area contributed by atoms with Crippen LogP contribution < -0.4 is 0 Å². The third-order valence-electron chi connectivity index (χ3n) is 4.56. The zero-order chi connectivity index (χ0) is 20.2. The molecule has 29 heavy (non-hydrogen) atoms. The van der Waals surface area contributed by atoms with Crippen molar-refractivity contribution in [3.63, 3.8) is 0 Å². The van der Waals surface area contributed by atoms with Gasteiger partial charge in [0.15, 0.2) is 11.0 Å². The first kappa shape index (κ1) is 19.6. The fourth-order valence-corrected chi connectivity index (χ4v) is 5.00. The van der Waals surface area contributed by atoms with E-state index in [1.807, 2.05) is 30.3 Å². The molecule has 3 nitrogen and oxygen atoms in total. The zero-order valence-corrected chi connectivity index (χ0v) is 17.6. The predicted molar refractivity (Wildman–Crippen MR) is 120 cm³/mol. The number of allylic oxidation sites excluding steroid dienone is 1. The molecule has 0 saturated heterocycles. The summed E-state index contributed by atoms with van der Waals surface area (Å²) in [5.74, 6) is 1.23. The molecule has 146 valence electrons. The molecule has 0 fully saturated rings. The molecular weight excluding hydrogens is 401 g/mol. The highest BCUT2D eigenvalue weighted by Gasteiger charge is 2.20. The van der Waals surface area contributed by atoms with Crippen molar-refractivity contribution < 1.29 is 4.39 Å². The van der Waals surface area contributed by atoms with Crippen molar-refractivity contribution in [2.45, 2.75) is 24.4 Å². The Labute approximate surface area is 177 Å². The minimum atomic E-state index is -0.224. The van der Waals surface area contributed by atoms with Gasteiger partial charge in [0.1, 0.15) is 5.82 Å². The van der Waals surface area contributed by atoms with Crippen molar-refractivity contribution in [3.8, 4) is 22.5 Å². The number of aromatic nitrogens is 3. The molecule has 0 amide bonds. The third-order valence-corrected chi connectivity index (χ3v) is 6.51. The SMILES string of the molecule is C=CCn1c(SCc2cccc(F)c2)nnc1-c1csc(C)c1-c1ccccc1. The van der Waals surface area contributed by atoms with Gasteiger partial charge >= 0.3 is 0 Å². The molecule has 0 bridgehead atoms. The summed E-state index contributed by atoms with van der Waals surface area (Å²) in [6.07, 6.45) is 1.85. The van der Waals surface area contributed by atoms with Crippen LogP contribution in [0.5, 0.6) is 0 Å². The highest BCUT2D eigenvalue weighted by molar-refractivity contribution is 7.98. The molecule has 2 heterocycles. The largest absolute Gasteiger partial charge is 0.298 e. The summed E-state index contributed by atoms with van der Waals surface area (Å²) in [6.45, 7) is 6.63. The number of halogens is 1. The first-order valence-corrected chi connectivity index (χ1v) is 11.1. The second-order valence-corrected chi connectivity index (χ2v) is 8.60. The second kappa shape index (κ2) is 8.76. The fourth-order valence-electron chi connectivity index (χ4n) is 3.25. The van der Waals surface area contributed by atoms with Crippen molar-refractivity contribution in [1.29, 1.82) is 0 Å². The standard InChI is InChI=1S/C23H20FN3S2/c1-3-12-27-22(20-15-28-16(2)21(20)18-9-5-4-6-10-18)25-26-23(27)29-14-17-8-7-11-19(24)13-17/h3-11,13,15H,1,12,14H2,2H3. The van der Waals surface area contributed by atoms with Gasteiger partial charge in [0.2, 0.25) is 0 Å². The Balaban J connectivity index is 1.70. The van der Waals surface area contributed by atoms with Gasteiger partial charge in [-0.1, -0.05) is 60.3 Å². The number of thioether (sulfide) groups is 1. The van der Waals surface area contributed by atoms with E-state index in [0.717, 1.165) is 22.1 Å². The molecule has 0 aliphatic carbocycles. The van der Waals surface area contributed by atoms with Crippen LogP contribution in [0.25, 0.3) is 22.5 Å². The van der Waals surface area contributed by atoms with Crippen LogP contribution in [0, 0.1) is 12.7 Å². The van der Waals surface area contributed by atoms with E-state index >= 15 is 0 Å². The number of hydrogen-bond donors (Lipinski definition) is 0. The Morgan fingerprint density at radius 2 is 1.97 bits per heavy atom. The average molecular weight is 422 g/mol. The molecule has 4 rings (SSSR count). The van der Waals surface area contributed by atoms with Crippen LogP contribution in [-0.4, -0.2) is 14.8 Å². The van der Waals surface area contributed by atoms with Crippen molar-refractivity contribution >= 4 is 23.1 Å². The Kier molecular flexibility index (Phi) is 5.92.